The van der Waals surface area contributed by atoms with Crippen LogP contribution in [0, 0.1) is 0 Å². The molecule has 2 aromatic rings. The van der Waals surface area contributed by atoms with E-state index in [1.807, 2.05) is 0 Å². The lowest BCUT2D eigenvalue weighted by Gasteiger charge is -2.32. The van der Waals surface area contributed by atoms with Crippen LogP contribution in [0.15, 0.2) is 22.4 Å². The normalized spacial score (nSPS) is 19.1. The topological polar surface area (TPSA) is 108 Å². The van der Waals surface area contributed by atoms with Crippen LogP contribution in [-0.4, -0.2) is 68.0 Å². The van der Waals surface area contributed by atoms with Gasteiger partial charge in [0.2, 0.25) is 0 Å². The zero-order chi connectivity index (χ0) is 20.4. The van der Waals surface area contributed by atoms with Crippen molar-refractivity contribution in [1.82, 2.24) is 14.5 Å². The van der Waals surface area contributed by atoms with Gasteiger partial charge in [-0.25, -0.2) is 8.42 Å². The van der Waals surface area contributed by atoms with Crippen molar-refractivity contribution >= 4 is 27.3 Å². The molecular weight excluding hydrogens is 418 g/mol. The SMILES string of the molecule is CS(=O)(=O)c1snnc1[C@H]1CCCN(C(=O)COc2ccc3c(c2)OCCO3)C1. The summed E-state index contributed by atoms with van der Waals surface area (Å²) in [6.07, 6.45) is 2.68. The van der Waals surface area contributed by atoms with Crippen LogP contribution in [0.1, 0.15) is 24.5 Å². The average molecular weight is 440 g/mol. The predicted molar refractivity (Wildman–Crippen MR) is 105 cm³/mol. The van der Waals surface area contributed by atoms with E-state index < -0.39 is 9.84 Å². The number of hydrogen-bond donors (Lipinski definition) is 0. The lowest BCUT2D eigenvalue weighted by molar-refractivity contribution is -0.134. The molecule has 2 aliphatic heterocycles. The van der Waals surface area contributed by atoms with E-state index in [0.717, 1.165) is 30.6 Å². The van der Waals surface area contributed by atoms with Crippen molar-refractivity contribution in [2.24, 2.45) is 0 Å². The summed E-state index contributed by atoms with van der Waals surface area (Å²) in [6.45, 7) is 1.88. The highest BCUT2D eigenvalue weighted by molar-refractivity contribution is 7.92. The van der Waals surface area contributed by atoms with Gasteiger partial charge in [0.05, 0.1) is 5.69 Å². The first-order chi connectivity index (χ1) is 13.9. The number of fused-ring (bicyclic) bond motifs is 1. The second-order valence-corrected chi connectivity index (χ2v) is 9.96. The molecule has 29 heavy (non-hydrogen) atoms. The largest absolute Gasteiger partial charge is 0.486 e. The van der Waals surface area contributed by atoms with Crippen LogP contribution in [0.4, 0.5) is 0 Å². The molecular formula is C18H21N3O6S2. The van der Waals surface area contributed by atoms with E-state index in [1.54, 1.807) is 23.1 Å². The Balaban J connectivity index is 1.39. The van der Waals surface area contributed by atoms with E-state index >= 15 is 0 Å². The number of rotatable bonds is 5. The number of likely N-dealkylation sites (tertiary alicyclic amines) is 1. The molecule has 0 N–H and O–H groups in total. The molecule has 0 aliphatic carbocycles. The second-order valence-electron chi connectivity index (χ2n) is 6.99. The fourth-order valence-corrected chi connectivity index (χ4v) is 5.20. The first kappa shape index (κ1) is 19.9. The van der Waals surface area contributed by atoms with Gasteiger partial charge in [-0.05, 0) is 25.0 Å². The van der Waals surface area contributed by atoms with Crippen molar-refractivity contribution in [3.05, 3.63) is 23.9 Å². The molecule has 0 unspecified atom stereocenters. The van der Waals surface area contributed by atoms with Gasteiger partial charge >= 0.3 is 0 Å². The number of ether oxygens (including phenoxy) is 3. The molecule has 0 radical (unpaired) electrons. The molecule has 0 spiro atoms. The van der Waals surface area contributed by atoms with Crippen molar-refractivity contribution in [2.75, 3.05) is 39.2 Å². The van der Waals surface area contributed by atoms with Crippen LogP contribution in [0.3, 0.4) is 0 Å². The van der Waals surface area contributed by atoms with Gasteiger partial charge in [-0.1, -0.05) is 4.49 Å². The molecule has 11 heteroatoms. The maximum Gasteiger partial charge on any atom is 0.260 e. The number of hydrogen-bond acceptors (Lipinski definition) is 9. The summed E-state index contributed by atoms with van der Waals surface area (Å²) in [5, 5.41) is 4.03. The first-order valence-corrected chi connectivity index (χ1v) is 11.9. The number of carbonyl (C=O) groups excluding carboxylic acids is 1. The monoisotopic (exact) mass is 439 g/mol. The quantitative estimate of drug-likeness (QED) is 0.690. The fourth-order valence-electron chi connectivity index (χ4n) is 3.47. The number of aromatic nitrogens is 2. The third-order valence-electron chi connectivity index (χ3n) is 4.85. The minimum absolute atomic E-state index is 0.111. The molecule has 1 atom stereocenters. The lowest BCUT2D eigenvalue weighted by Crippen LogP contribution is -2.41. The minimum Gasteiger partial charge on any atom is -0.486 e. The van der Waals surface area contributed by atoms with E-state index in [0.29, 0.717) is 49.2 Å². The van der Waals surface area contributed by atoms with Crippen LogP contribution < -0.4 is 14.2 Å². The molecule has 4 rings (SSSR count). The second kappa shape index (κ2) is 8.15. The van der Waals surface area contributed by atoms with Crippen LogP contribution >= 0.6 is 11.5 Å². The molecule has 0 saturated carbocycles. The first-order valence-electron chi connectivity index (χ1n) is 9.24. The van der Waals surface area contributed by atoms with Crippen molar-refractivity contribution in [3.8, 4) is 17.2 Å². The summed E-state index contributed by atoms with van der Waals surface area (Å²) in [7, 11) is -3.39. The Bertz CT molecular complexity index is 1010. The van der Waals surface area contributed by atoms with E-state index in [9.17, 15) is 13.2 Å². The molecule has 156 valence electrons. The van der Waals surface area contributed by atoms with Crippen molar-refractivity contribution in [2.45, 2.75) is 23.0 Å². The predicted octanol–water partition coefficient (Wildman–Crippen LogP) is 1.50. The maximum absolute atomic E-state index is 12.7. The molecule has 1 aromatic heterocycles. The summed E-state index contributed by atoms with van der Waals surface area (Å²) in [5.41, 5.74) is 0.461. The summed E-state index contributed by atoms with van der Waals surface area (Å²) in [4.78, 5) is 14.3. The molecule has 2 aliphatic rings. The minimum atomic E-state index is -3.39. The molecule has 0 bridgehead atoms. The van der Waals surface area contributed by atoms with E-state index in [1.165, 1.54) is 0 Å². The Morgan fingerprint density at radius 3 is 2.90 bits per heavy atom. The van der Waals surface area contributed by atoms with Gasteiger partial charge in [-0.2, -0.15) is 0 Å². The average Bonchev–Trinajstić information content (AvgIpc) is 3.22. The smallest absolute Gasteiger partial charge is 0.260 e. The van der Waals surface area contributed by atoms with E-state index in [4.69, 9.17) is 14.2 Å². The summed E-state index contributed by atoms with van der Waals surface area (Å²) < 4.78 is 44.5. The molecule has 1 fully saturated rings. The standard InChI is InChI=1S/C18H21N3O6S2/c1-29(23,24)18-17(19-20-28-18)12-3-2-6-21(10-12)16(22)11-27-13-4-5-14-15(9-13)26-8-7-25-14/h4-5,9,12H,2-3,6-8,10-11H2,1H3/t12-/m0/s1. The molecule has 1 saturated heterocycles. The van der Waals surface area contributed by atoms with E-state index in [-0.39, 0.29) is 22.6 Å². The maximum atomic E-state index is 12.7. The third kappa shape index (κ3) is 4.45. The number of nitrogens with zero attached hydrogens (tertiary/aromatic N) is 3. The number of benzene rings is 1. The fraction of sp³-hybridized carbons (Fsp3) is 0.500. The molecule has 9 nitrogen and oxygen atoms in total. The van der Waals surface area contributed by atoms with Gasteiger partial charge in [0.15, 0.2) is 32.2 Å². The van der Waals surface area contributed by atoms with Crippen molar-refractivity contribution < 1.29 is 27.4 Å². The van der Waals surface area contributed by atoms with Gasteiger partial charge < -0.3 is 19.1 Å². The number of amides is 1. The third-order valence-corrected chi connectivity index (χ3v) is 7.41. The highest BCUT2D eigenvalue weighted by Gasteiger charge is 2.31. The van der Waals surface area contributed by atoms with Gasteiger partial charge in [-0.15, -0.1) is 5.10 Å². The van der Waals surface area contributed by atoms with E-state index in [2.05, 4.69) is 9.59 Å². The zero-order valence-electron chi connectivity index (χ0n) is 15.9. The van der Waals surface area contributed by atoms with Crippen LogP contribution in [0.2, 0.25) is 0 Å². The number of piperidine rings is 1. The van der Waals surface area contributed by atoms with Crippen LogP contribution in [0.25, 0.3) is 0 Å². The van der Waals surface area contributed by atoms with Gasteiger partial charge in [0.1, 0.15) is 19.0 Å². The highest BCUT2D eigenvalue weighted by Crippen LogP contribution is 2.34. The van der Waals surface area contributed by atoms with Gasteiger partial charge in [0, 0.05) is 42.9 Å². The summed E-state index contributed by atoms with van der Waals surface area (Å²) >= 11 is 0.879. The Morgan fingerprint density at radius 2 is 2.10 bits per heavy atom. The van der Waals surface area contributed by atoms with Crippen molar-refractivity contribution in [1.29, 1.82) is 0 Å². The molecule has 1 aromatic carbocycles. The number of carbonyl (C=O) groups is 1. The van der Waals surface area contributed by atoms with Gasteiger partial charge in [-0.3, -0.25) is 4.79 Å². The zero-order valence-corrected chi connectivity index (χ0v) is 17.5. The van der Waals surface area contributed by atoms with Crippen LogP contribution in [-0.2, 0) is 14.6 Å². The Morgan fingerprint density at radius 1 is 1.31 bits per heavy atom. The van der Waals surface area contributed by atoms with Crippen LogP contribution in [0.5, 0.6) is 17.2 Å². The Kier molecular flexibility index (Phi) is 5.59. The highest BCUT2D eigenvalue weighted by atomic mass is 32.2. The molecule has 3 heterocycles. The molecule has 1 amide bonds. The lowest BCUT2D eigenvalue weighted by atomic mass is 9.95. The Labute approximate surface area is 172 Å². The Hall–Kier alpha value is -2.40. The summed E-state index contributed by atoms with van der Waals surface area (Å²) in [6, 6.07) is 5.20. The number of sulfone groups is 1. The van der Waals surface area contributed by atoms with Gasteiger partial charge in [0.25, 0.3) is 5.91 Å². The van der Waals surface area contributed by atoms with Crippen molar-refractivity contribution in [3.63, 3.8) is 0 Å². The summed E-state index contributed by atoms with van der Waals surface area (Å²) in [5.74, 6) is 1.48.